The van der Waals surface area contributed by atoms with Crippen molar-refractivity contribution in [1.82, 2.24) is 0 Å². The number of nitro benzene ring substituents is 1. The molecule has 2 aromatic carbocycles. The van der Waals surface area contributed by atoms with E-state index in [1.165, 1.54) is 32.2 Å². The summed E-state index contributed by atoms with van der Waals surface area (Å²) < 4.78 is 21.2. The largest absolute Gasteiger partial charge is 0.494 e. The molecule has 1 amide bonds. The van der Waals surface area contributed by atoms with Crippen molar-refractivity contribution < 1.29 is 33.5 Å². The van der Waals surface area contributed by atoms with E-state index in [0.29, 0.717) is 30.3 Å². The number of nitro groups is 1. The van der Waals surface area contributed by atoms with Gasteiger partial charge in [-0.3, -0.25) is 19.7 Å². The Labute approximate surface area is 171 Å². The van der Waals surface area contributed by atoms with Crippen molar-refractivity contribution in [2.75, 3.05) is 25.6 Å². The fourth-order valence-corrected chi connectivity index (χ4v) is 2.79. The summed E-state index contributed by atoms with van der Waals surface area (Å²) >= 11 is 0. The summed E-state index contributed by atoms with van der Waals surface area (Å²) in [6, 6.07) is 8.90. The van der Waals surface area contributed by atoms with Crippen LogP contribution in [0.1, 0.15) is 12.5 Å². The molecule has 0 aliphatic carbocycles. The van der Waals surface area contributed by atoms with E-state index < -0.39 is 22.9 Å². The molecule has 1 heterocycles. The number of hydrogen-bond donors (Lipinski definition) is 1. The Morgan fingerprint density at radius 3 is 2.60 bits per heavy atom. The SMILES string of the molecule is COc1cc([N+](=O)[O-])ccc1NC(=O)[C@@H](C)OC(=O)Cc1ccc2c(c1)OCCO2. The normalized spacial score (nSPS) is 13.1. The number of rotatable bonds is 7. The van der Waals surface area contributed by atoms with E-state index in [4.69, 9.17) is 18.9 Å². The van der Waals surface area contributed by atoms with Gasteiger partial charge in [0.25, 0.3) is 11.6 Å². The average Bonchev–Trinajstić information content (AvgIpc) is 2.73. The van der Waals surface area contributed by atoms with Gasteiger partial charge in [-0.05, 0) is 30.7 Å². The van der Waals surface area contributed by atoms with Crippen LogP contribution >= 0.6 is 0 Å². The van der Waals surface area contributed by atoms with Crippen LogP contribution in [0.2, 0.25) is 0 Å². The highest BCUT2D eigenvalue weighted by atomic mass is 16.6. The third kappa shape index (κ3) is 4.96. The van der Waals surface area contributed by atoms with Crippen LogP contribution in [0.15, 0.2) is 36.4 Å². The molecule has 1 N–H and O–H groups in total. The standard InChI is InChI=1S/C20H20N2O8/c1-12(20(24)21-15-5-4-14(22(25)26)11-17(15)27-2)30-19(23)10-13-3-6-16-18(9-13)29-8-7-28-16/h3-6,9,11-12H,7-8,10H2,1-2H3,(H,21,24)/t12-/m1/s1. The number of fused-ring (bicyclic) bond motifs is 1. The maximum absolute atomic E-state index is 12.4. The molecule has 30 heavy (non-hydrogen) atoms. The molecule has 0 aromatic heterocycles. The van der Waals surface area contributed by atoms with Crippen molar-refractivity contribution in [3.05, 3.63) is 52.1 Å². The lowest BCUT2D eigenvalue weighted by atomic mass is 10.1. The minimum Gasteiger partial charge on any atom is -0.494 e. The monoisotopic (exact) mass is 416 g/mol. The number of ether oxygens (including phenoxy) is 4. The van der Waals surface area contributed by atoms with Crippen LogP contribution in [0.5, 0.6) is 17.2 Å². The van der Waals surface area contributed by atoms with Crippen molar-refractivity contribution in [3.8, 4) is 17.2 Å². The lowest BCUT2D eigenvalue weighted by Gasteiger charge is -2.19. The summed E-state index contributed by atoms with van der Waals surface area (Å²) in [5.74, 6) is 0.0980. The Hall–Kier alpha value is -3.82. The Kier molecular flexibility index (Phi) is 6.35. The zero-order valence-corrected chi connectivity index (χ0v) is 16.4. The summed E-state index contributed by atoms with van der Waals surface area (Å²) in [5, 5.41) is 13.4. The van der Waals surface area contributed by atoms with Crippen LogP contribution in [0.25, 0.3) is 0 Å². The lowest BCUT2D eigenvalue weighted by Crippen LogP contribution is -2.30. The zero-order chi connectivity index (χ0) is 21.7. The molecule has 0 saturated heterocycles. The number of anilines is 1. The molecule has 0 saturated carbocycles. The van der Waals surface area contributed by atoms with Crippen molar-refractivity contribution in [1.29, 1.82) is 0 Å². The van der Waals surface area contributed by atoms with Crippen molar-refractivity contribution in [2.24, 2.45) is 0 Å². The Bertz CT molecular complexity index is 975. The van der Waals surface area contributed by atoms with Crippen molar-refractivity contribution in [2.45, 2.75) is 19.4 Å². The molecule has 10 heteroatoms. The number of hydrogen-bond acceptors (Lipinski definition) is 8. The molecule has 0 fully saturated rings. The summed E-state index contributed by atoms with van der Waals surface area (Å²) in [6.45, 7) is 2.33. The summed E-state index contributed by atoms with van der Waals surface area (Å²) in [7, 11) is 1.32. The topological polar surface area (TPSA) is 126 Å². The lowest BCUT2D eigenvalue weighted by molar-refractivity contribution is -0.384. The molecule has 1 atom stereocenters. The average molecular weight is 416 g/mol. The van der Waals surface area contributed by atoms with E-state index in [1.807, 2.05) is 0 Å². The highest BCUT2D eigenvalue weighted by Gasteiger charge is 2.21. The Morgan fingerprint density at radius 1 is 1.17 bits per heavy atom. The number of benzene rings is 2. The molecule has 0 spiro atoms. The predicted molar refractivity (Wildman–Crippen MR) is 105 cm³/mol. The fourth-order valence-electron chi connectivity index (χ4n) is 2.79. The number of carbonyl (C=O) groups is 2. The Morgan fingerprint density at radius 2 is 1.90 bits per heavy atom. The van der Waals surface area contributed by atoms with E-state index in [2.05, 4.69) is 5.32 Å². The second-order valence-electron chi connectivity index (χ2n) is 6.42. The second kappa shape index (κ2) is 9.12. The molecule has 0 unspecified atom stereocenters. The van der Waals surface area contributed by atoms with Gasteiger partial charge < -0.3 is 24.3 Å². The number of nitrogens with zero attached hydrogens (tertiary/aromatic N) is 1. The molecule has 0 radical (unpaired) electrons. The fraction of sp³-hybridized carbons (Fsp3) is 0.300. The van der Waals surface area contributed by atoms with Crippen LogP contribution in [0.4, 0.5) is 11.4 Å². The van der Waals surface area contributed by atoms with Gasteiger partial charge in [-0.2, -0.15) is 0 Å². The van der Waals surface area contributed by atoms with Gasteiger partial charge in [0.1, 0.15) is 19.0 Å². The maximum atomic E-state index is 12.4. The molecular formula is C20H20N2O8. The quantitative estimate of drug-likeness (QED) is 0.414. The zero-order valence-electron chi connectivity index (χ0n) is 16.4. The number of nitrogens with one attached hydrogen (secondary N) is 1. The second-order valence-corrected chi connectivity index (χ2v) is 6.42. The summed E-state index contributed by atoms with van der Waals surface area (Å²) in [6.07, 6.45) is -1.13. The molecule has 2 aromatic rings. The van der Waals surface area contributed by atoms with Crippen molar-refractivity contribution in [3.63, 3.8) is 0 Å². The van der Waals surface area contributed by atoms with Gasteiger partial charge in [-0.15, -0.1) is 0 Å². The highest BCUT2D eigenvalue weighted by molar-refractivity contribution is 5.96. The van der Waals surface area contributed by atoms with E-state index in [-0.39, 0.29) is 23.5 Å². The van der Waals surface area contributed by atoms with Crippen LogP contribution in [0.3, 0.4) is 0 Å². The van der Waals surface area contributed by atoms with Gasteiger partial charge in [0, 0.05) is 6.07 Å². The van der Waals surface area contributed by atoms with Crippen LogP contribution in [0, 0.1) is 10.1 Å². The minimum absolute atomic E-state index is 0.0465. The molecule has 10 nitrogen and oxygen atoms in total. The number of methoxy groups -OCH3 is 1. The van der Waals surface area contributed by atoms with Crippen LogP contribution in [-0.4, -0.2) is 43.2 Å². The van der Waals surface area contributed by atoms with E-state index in [0.717, 1.165) is 0 Å². The van der Waals surface area contributed by atoms with Gasteiger partial charge in [0.15, 0.2) is 17.6 Å². The van der Waals surface area contributed by atoms with E-state index in [9.17, 15) is 19.7 Å². The predicted octanol–water partition coefficient (Wildman–Crippen LogP) is 2.49. The number of carbonyl (C=O) groups excluding carboxylic acids is 2. The van der Waals surface area contributed by atoms with Crippen LogP contribution in [-0.2, 0) is 20.7 Å². The molecule has 1 aliphatic heterocycles. The third-order valence-corrected chi connectivity index (χ3v) is 4.29. The first-order valence-corrected chi connectivity index (χ1v) is 9.08. The number of amides is 1. The minimum atomic E-state index is -1.09. The Balaban J connectivity index is 1.59. The first kappa shape index (κ1) is 20.9. The van der Waals surface area contributed by atoms with Gasteiger partial charge in [-0.1, -0.05) is 6.07 Å². The van der Waals surface area contributed by atoms with E-state index >= 15 is 0 Å². The van der Waals surface area contributed by atoms with Gasteiger partial charge in [0.05, 0.1) is 30.2 Å². The molecular weight excluding hydrogens is 396 g/mol. The number of non-ortho nitro benzene ring substituents is 1. The summed E-state index contributed by atoms with van der Waals surface area (Å²) in [4.78, 5) is 34.9. The highest BCUT2D eigenvalue weighted by Crippen LogP contribution is 2.31. The molecule has 158 valence electrons. The van der Waals surface area contributed by atoms with Gasteiger partial charge in [0.2, 0.25) is 0 Å². The van der Waals surface area contributed by atoms with Crippen molar-refractivity contribution >= 4 is 23.3 Å². The number of esters is 1. The van der Waals surface area contributed by atoms with Crippen LogP contribution < -0.4 is 19.5 Å². The first-order valence-electron chi connectivity index (χ1n) is 9.08. The molecule has 1 aliphatic rings. The van der Waals surface area contributed by atoms with Gasteiger partial charge >= 0.3 is 5.97 Å². The van der Waals surface area contributed by atoms with E-state index in [1.54, 1.807) is 18.2 Å². The smallest absolute Gasteiger partial charge is 0.311 e. The van der Waals surface area contributed by atoms with Gasteiger partial charge in [-0.25, -0.2) is 0 Å². The molecule has 3 rings (SSSR count). The first-order chi connectivity index (χ1) is 14.4. The third-order valence-electron chi connectivity index (χ3n) is 4.29. The maximum Gasteiger partial charge on any atom is 0.311 e. The summed E-state index contributed by atoms with van der Waals surface area (Å²) in [5.41, 5.74) is 0.709. The molecule has 0 bridgehead atoms.